The maximum atomic E-state index is 12.3. The van der Waals surface area contributed by atoms with E-state index in [0.717, 1.165) is 0 Å². The molecule has 0 spiro atoms. The first-order valence-electron chi connectivity index (χ1n) is 5.18. The fourth-order valence-electron chi connectivity index (χ4n) is 1.46. The Hall–Kier alpha value is -1.02. The van der Waals surface area contributed by atoms with Crippen LogP contribution in [0.25, 0.3) is 0 Å². The van der Waals surface area contributed by atoms with Gasteiger partial charge >= 0.3 is 0 Å². The molecule has 5 nitrogen and oxygen atoms in total. The molecule has 1 aromatic heterocycles. The quantitative estimate of drug-likeness (QED) is 0.830. The summed E-state index contributed by atoms with van der Waals surface area (Å²) in [4.78, 5) is 3.60. The Morgan fingerprint density at radius 1 is 1.20 bits per heavy atom. The van der Waals surface area contributed by atoms with Gasteiger partial charge in [-0.05, 0) is 24.3 Å². The monoisotopic (exact) mass is 395 g/mol. The van der Waals surface area contributed by atoms with Crippen molar-refractivity contribution in [3.63, 3.8) is 0 Å². The predicted octanol–water partition coefficient (Wildman–Crippen LogP) is 3.53. The molecule has 0 aliphatic heterocycles. The molecule has 0 radical (unpaired) electrons. The minimum Gasteiger partial charge on any atom is -0.384 e. The van der Waals surface area contributed by atoms with Crippen molar-refractivity contribution >= 4 is 60.7 Å². The fourth-order valence-corrected chi connectivity index (χ4v) is 4.44. The molecule has 0 atom stereocenters. The van der Waals surface area contributed by atoms with Crippen molar-refractivity contribution in [3.05, 3.63) is 45.0 Å². The van der Waals surface area contributed by atoms with E-state index in [1.54, 1.807) is 0 Å². The summed E-state index contributed by atoms with van der Waals surface area (Å²) in [5.74, 6) is 0.285. The van der Waals surface area contributed by atoms with Gasteiger partial charge in [-0.2, -0.15) is 0 Å². The van der Waals surface area contributed by atoms with Gasteiger partial charge in [-0.15, -0.1) is 0 Å². The van der Waals surface area contributed by atoms with Crippen LogP contribution in [0.1, 0.15) is 0 Å². The fraction of sp³-hybridized carbons (Fsp3) is 0. The predicted molar refractivity (Wildman–Crippen MR) is 83.6 cm³/mol. The molecule has 0 aliphatic carbocycles. The van der Waals surface area contributed by atoms with E-state index in [-0.39, 0.29) is 26.4 Å². The van der Waals surface area contributed by atoms with E-state index in [4.69, 9.17) is 28.9 Å². The lowest BCUT2D eigenvalue weighted by Gasteiger charge is -2.11. The van der Waals surface area contributed by atoms with Crippen molar-refractivity contribution in [2.75, 3.05) is 10.5 Å². The van der Waals surface area contributed by atoms with E-state index in [9.17, 15) is 8.42 Å². The van der Waals surface area contributed by atoms with Crippen LogP contribution in [0.2, 0.25) is 10.0 Å². The van der Waals surface area contributed by atoms with Gasteiger partial charge in [0.05, 0.1) is 21.9 Å². The highest BCUT2D eigenvalue weighted by atomic mass is 79.9. The maximum Gasteiger partial charge on any atom is 0.264 e. The number of halogens is 3. The molecule has 2 rings (SSSR count). The molecule has 0 amide bonds. The zero-order valence-electron chi connectivity index (χ0n) is 9.77. The second kappa shape index (κ2) is 5.77. The van der Waals surface area contributed by atoms with Gasteiger partial charge in [-0.3, -0.25) is 4.72 Å². The zero-order chi connectivity index (χ0) is 14.9. The van der Waals surface area contributed by atoms with Gasteiger partial charge in [0.15, 0.2) is 0 Å². The Labute approximate surface area is 134 Å². The Morgan fingerprint density at radius 2 is 1.80 bits per heavy atom. The Balaban J connectivity index is 2.43. The summed E-state index contributed by atoms with van der Waals surface area (Å²) < 4.78 is 27.5. The van der Waals surface area contributed by atoms with Crippen molar-refractivity contribution in [1.82, 2.24) is 4.98 Å². The standard InChI is InChI=1S/C11H8BrCl2N3O2S/c12-6-3-8(13)11(9(14)4-6)20(18,19)17-7-1-2-10(15)16-5-7/h1-5,17H,(H2,15,16). The lowest BCUT2D eigenvalue weighted by atomic mass is 10.4. The first kappa shape index (κ1) is 15.4. The number of anilines is 2. The summed E-state index contributed by atoms with van der Waals surface area (Å²) in [5, 5.41) is 0.0283. The van der Waals surface area contributed by atoms with E-state index in [2.05, 4.69) is 25.6 Å². The number of hydrogen-bond acceptors (Lipinski definition) is 4. The second-order valence-corrected chi connectivity index (χ2v) is 7.13. The lowest BCUT2D eigenvalue weighted by Crippen LogP contribution is -2.14. The summed E-state index contributed by atoms with van der Waals surface area (Å²) in [6, 6.07) is 5.86. The zero-order valence-corrected chi connectivity index (χ0v) is 13.7. The number of hydrogen-bond donors (Lipinski definition) is 2. The van der Waals surface area contributed by atoms with E-state index in [1.165, 1.54) is 30.5 Å². The van der Waals surface area contributed by atoms with Gasteiger partial charge in [0.1, 0.15) is 10.7 Å². The van der Waals surface area contributed by atoms with Gasteiger partial charge in [0, 0.05) is 4.47 Å². The number of nitrogen functional groups attached to an aromatic ring is 1. The molecule has 1 heterocycles. The first-order valence-corrected chi connectivity index (χ1v) is 8.22. The van der Waals surface area contributed by atoms with Gasteiger partial charge < -0.3 is 5.73 Å². The van der Waals surface area contributed by atoms with Crippen molar-refractivity contribution in [1.29, 1.82) is 0 Å². The van der Waals surface area contributed by atoms with Crippen molar-refractivity contribution in [3.8, 4) is 0 Å². The van der Waals surface area contributed by atoms with Crippen LogP contribution in [0, 0.1) is 0 Å². The van der Waals surface area contributed by atoms with Crippen molar-refractivity contribution in [2.24, 2.45) is 0 Å². The van der Waals surface area contributed by atoms with Gasteiger partial charge in [-0.1, -0.05) is 39.1 Å². The molecule has 20 heavy (non-hydrogen) atoms. The SMILES string of the molecule is Nc1ccc(NS(=O)(=O)c2c(Cl)cc(Br)cc2Cl)cn1. The average molecular weight is 397 g/mol. The number of rotatable bonds is 3. The molecule has 0 saturated carbocycles. The lowest BCUT2D eigenvalue weighted by molar-refractivity contribution is 0.601. The summed E-state index contributed by atoms with van der Waals surface area (Å²) in [7, 11) is -3.92. The van der Waals surface area contributed by atoms with Gasteiger partial charge in [0.25, 0.3) is 10.0 Å². The molecule has 106 valence electrons. The highest BCUT2D eigenvalue weighted by Gasteiger charge is 2.22. The molecule has 0 fully saturated rings. The Morgan fingerprint density at radius 3 is 2.30 bits per heavy atom. The van der Waals surface area contributed by atoms with Crippen molar-refractivity contribution < 1.29 is 8.42 Å². The summed E-state index contributed by atoms with van der Waals surface area (Å²) in [5.41, 5.74) is 5.69. The molecule has 0 saturated heterocycles. The highest BCUT2D eigenvalue weighted by Crippen LogP contribution is 2.33. The normalized spacial score (nSPS) is 11.3. The number of nitrogens with two attached hydrogens (primary N) is 1. The topological polar surface area (TPSA) is 85.1 Å². The molecular formula is C11H8BrCl2N3O2S. The van der Waals surface area contributed by atoms with Crippen LogP contribution in [0.3, 0.4) is 0 Å². The third kappa shape index (κ3) is 3.35. The molecule has 0 aliphatic rings. The van der Waals surface area contributed by atoms with Gasteiger partial charge in [0.2, 0.25) is 0 Å². The number of sulfonamides is 1. The van der Waals surface area contributed by atoms with Crippen LogP contribution in [-0.2, 0) is 10.0 Å². The van der Waals surface area contributed by atoms with Crippen LogP contribution in [0.15, 0.2) is 39.8 Å². The molecule has 1 aromatic carbocycles. The third-order valence-corrected chi connectivity index (χ3v) is 5.03. The van der Waals surface area contributed by atoms with Gasteiger partial charge in [-0.25, -0.2) is 13.4 Å². The summed E-state index contributed by atoms with van der Waals surface area (Å²) in [6.45, 7) is 0. The number of pyridine rings is 1. The first-order chi connectivity index (χ1) is 9.29. The summed E-state index contributed by atoms with van der Waals surface area (Å²) in [6.07, 6.45) is 1.30. The maximum absolute atomic E-state index is 12.3. The van der Waals surface area contributed by atoms with Crippen LogP contribution < -0.4 is 10.5 Å². The number of benzene rings is 1. The van der Waals surface area contributed by atoms with Crippen LogP contribution in [-0.4, -0.2) is 13.4 Å². The smallest absolute Gasteiger partial charge is 0.264 e. The molecule has 0 bridgehead atoms. The van der Waals surface area contributed by atoms with Crippen LogP contribution in [0.4, 0.5) is 11.5 Å². The van der Waals surface area contributed by atoms with Crippen LogP contribution in [0.5, 0.6) is 0 Å². The number of aromatic nitrogens is 1. The van der Waals surface area contributed by atoms with E-state index >= 15 is 0 Å². The largest absolute Gasteiger partial charge is 0.384 e. The molecule has 2 aromatic rings. The number of nitrogens with one attached hydrogen (secondary N) is 1. The Kier molecular flexibility index (Phi) is 4.43. The molecule has 9 heteroatoms. The van der Waals surface area contributed by atoms with Crippen molar-refractivity contribution in [2.45, 2.75) is 4.90 Å². The number of nitrogens with zero attached hydrogens (tertiary/aromatic N) is 1. The molecule has 0 unspecified atom stereocenters. The highest BCUT2D eigenvalue weighted by molar-refractivity contribution is 9.10. The van der Waals surface area contributed by atoms with E-state index in [1.807, 2.05) is 0 Å². The summed E-state index contributed by atoms with van der Waals surface area (Å²) >= 11 is 15.1. The Bertz CT molecular complexity index is 728. The average Bonchev–Trinajstić information content (AvgIpc) is 2.30. The van der Waals surface area contributed by atoms with Crippen LogP contribution >= 0.6 is 39.1 Å². The minimum absolute atomic E-state index is 0.0141. The third-order valence-electron chi connectivity index (χ3n) is 2.27. The van der Waals surface area contributed by atoms with E-state index < -0.39 is 10.0 Å². The second-order valence-electron chi connectivity index (χ2n) is 3.78. The molecular weight excluding hydrogens is 389 g/mol. The minimum atomic E-state index is -3.92. The van der Waals surface area contributed by atoms with E-state index in [0.29, 0.717) is 4.47 Å². The molecule has 3 N–H and O–H groups in total.